The molecular weight excluding hydrogens is 231 g/mol. The molecule has 0 fully saturated rings. The summed E-state index contributed by atoms with van der Waals surface area (Å²) in [5, 5.41) is 3.01. The van der Waals surface area contributed by atoms with Crippen molar-refractivity contribution < 1.29 is 4.39 Å². The zero-order valence-corrected chi connectivity index (χ0v) is 9.05. The van der Waals surface area contributed by atoms with Crippen LogP contribution in [0.25, 0.3) is 0 Å². The molecule has 2 rings (SSSR count). The van der Waals surface area contributed by atoms with Crippen molar-refractivity contribution in [2.45, 2.75) is 6.54 Å². The third kappa shape index (κ3) is 2.25. The van der Waals surface area contributed by atoms with Crippen molar-refractivity contribution >= 4 is 23.0 Å². The molecule has 6 heteroatoms. The van der Waals surface area contributed by atoms with Gasteiger partial charge in [0.15, 0.2) is 0 Å². The number of nitrogens with zero attached hydrogens (tertiary/aromatic N) is 1. The normalized spacial score (nSPS) is 10.4. The van der Waals surface area contributed by atoms with Crippen LogP contribution in [0.5, 0.6) is 0 Å². The zero-order valence-electron chi connectivity index (χ0n) is 8.30. The first kappa shape index (κ1) is 10.8. The molecule has 1 aromatic carbocycles. The number of nitrogens with one attached hydrogen (secondary N) is 2. The number of hydrogen-bond acceptors (Lipinski definition) is 3. The molecule has 0 atom stereocenters. The van der Waals surface area contributed by atoms with E-state index in [-0.39, 0.29) is 5.02 Å². The van der Waals surface area contributed by atoms with E-state index in [2.05, 4.69) is 15.3 Å². The van der Waals surface area contributed by atoms with Gasteiger partial charge in [-0.25, -0.2) is 9.37 Å². The fourth-order valence-electron chi connectivity index (χ4n) is 1.29. The summed E-state index contributed by atoms with van der Waals surface area (Å²) in [7, 11) is 0. The van der Waals surface area contributed by atoms with Gasteiger partial charge >= 0.3 is 0 Å². The van der Waals surface area contributed by atoms with E-state index < -0.39 is 5.82 Å². The summed E-state index contributed by atoms with van der Waals surface area (Å²) in [6.45, 7) is 0.491. The van der Waals surface area contributed by atoms with Gasteiger partial charge in [0.25, 0.3) is 0 Å². The highest BCUT2D eigenvalue weighted by Gasteiger charge is 2.06. The van der Waals surface area contributed by atoms with Crippen molar-refractivity contribution in [1.82, 2.24) is 9.97 Å². The molecule has 0 aliphatic heterocycles. The van der Waals surface area contributed by atoms with Gasteiger partial charge in [-0.15, -0.1) is 0 Å². The highest BCUT2D eigenvalue weighted by Crippen LogP contribution is 2.26. The molecule has 0 radical (unpaired) electrons. The summed E-state index contributed by atoms with van der Waals surface area (Å²) >= 11 is 5.59. The molecule has 0 amide bonds. The Morgan fingerprint density at radius 3 is 3.00 bits per heavy atom. The van der Waals surface area contributed by atoms with Crippen LogP contribution in [0, 0.1) is 5.82 Å². The Morgan fingerprint density at radius 1 is 1.50 bits per heavy atom. The number of benzene rings is 1. The smallest absolute Gasteiger partial charge is 0.143 e. The van der Waals surface area contributed by atoms with E-state index in [1.165, 1.54) is 12.1 Å². The van der Waals surface area contributed by atoms with E-state index in [0.717, 1.165) is 5.69 Å². The van der Waals surface area contributed by atoms with E-state index in [0.29, 0.717) is 17.9 Å². The Morgan fingerprint density at radius 2 is 2.31 bits per heavy atom. The Hall–Kier alpha value is -1.75. The summed E-state index contributed by atoms with van der Waals surface area (Å²) in [6.07, 6.45) is 3.25. The van der Waals surface area contributed by atoms with Crippen molar-refractivity contribution in [2.75, 3.05) is 11.1 Å². The van der Waals surface area contributed by atoms with Crippen LogP contribution in [0.3, 0.4) is 0 Å². The van der Waals surface area contributed by atoms with Gasteiger partial charge in [0, 0.05) is 12.3 Å². The lowest BCUT2D eigenvalue weighted by Crippen LogP contribution is -2.03. The minimum absolute atomic E-state index is 0.0181. The third-order valence-corrected chi connectivity index (χ3v) is 2.41. The van der Waals surface area contributed by atoms with Gasteiger partial charge in [-0.1, -0.05) is 11.6 Å². The molecular formula is C10H10ClFN4. The van der Waals surface area contributed by atoms with Crippen LogP contribution in [0.2, 0.25) is 5.02 Å². The van der Waals surface area contributed by atoms with Gasteiger partial charge in [0.2, 0.25) is 0 Å². The second-order valence-corrected chi connectivity index (χ2v) is 3.69. The Bertz CT molecular complexity index is 484. The standard InChI is InChI=1S/C10H10ClFN4/c11-7-1-9(13)10(2-8(7)12)15-4-6-3-14-5-16-6/h1-3,5,15H,4,13H2,(H,14,16). The van der Waals surface area contributed by atoms with E-state index in [9.17, 15) is 4.39 Å². The predicted octanol–water partition coefficient (Wildman–Crippen LogP) is 2.40. The Balaban J connectivity index is 2.12. The van der Waals surface area contributed by atoms with Crippen LogP contribution in [0.15, 0.2) is 24.7 Å². The van der Waals surface area contributed by atoms with Gasteiger partial charge in [0.1, 0.15) is 5.82 Å². The largest absolute Gasteiger partial charge is 0.397 e. The van der Waals surface area contributed by atoms with Crippen molar-refractivity contribution in [3.8, 4) is 0 Å². The molecule has 0 saturated heterocycles. The monoisotopic (exact) mass is 240 g/mol. The SMILES string of the molecule is Nc1cc(Cl)c(F)cc1NCc1cnc[nH]1. The van der Waals surface area contributed by atoms with Gasteiger partial charge in [0.05, 0.1) is 35.0 Å². The topological polar surface area (TPSA) is 66.7 Å². The second kappa shape index (κ2) is 4.40. The van der Waals surface area contributed by atoms with Gasteiger partial charge in [-0.05, 0) is 6.07 Å². The van der Waals surface area contributed by atoms with E-state index in [1.54, 1.807) is 12.5 Å². The van der Waals surface area contributed by atoms with Crippen molar-refractivity contribution in [3.63, 3.8) is 0 Å². The maximum atomic E-state index is 13.2. The van der Waals surface area contributed by atoms with Gasteiger partial charge in [-0.2, -0.15) is 0 Å². The Kier molecular flexibility index (Phi) is 2.96. The fraction of sp³-hybridized carbons (Fsp3) is 0.100. The third-order valence-electron chi connectivity index (χ3n) is 2.12. The molecule has 1 heterocycles. The molecule has 0 unspecified atom stereocenters. The van der Waals surface area contributed by atoms with Crippen LogP contribution >= 0.6 is 11.6 Å². The van der Waals surface area contributed by atoms with Gasteiger partial charge in [-0.3, -0.25) is 0 Å². The van der Waals surface area contributed by atoms with Crippen LogP contribution in [-0.4, -0.2) is 9.97 Å². The second-order valence-electron chi connectivity index (χ2n) is 3.28. The van der Waals surface area contributed by atoms with Gasteiger partial charge < -0.3 is 16.0 Å². The van der Waals surface area contributed by atoms with E-state index in [1.807, 2.05) is 0 Å². The number of anilines is 2. The first-order valence-corrected chi connectivity index (χ1v) is 5.00. The van der Waals surface area contributed by atoms with E-state index >= 15 is 0 Å². The van der Waals surface area contributed by atoms with Crippen molar-refractivity contribution in [2.24, 2.45) is 0 Å². The number of halogens is 2. The first-order valence-electron chi connectivity index (χ1n) is 4.62. The molecule has 0 spiro atoms. The molecule has 16 heavy (non-hydrogen) atoms. The highest BCUT2D eigenvalue weighted by molar-refractivity contribution is 6.31. The first-order chi connectivity index (χ1) is 7.66. The minimum atomic E-state index is -0.497. The molecule has 0 saturated carbocycles. The molecule has 4 N–H and O–H groups in total. The predicted molar refractivity (Wildman–Crippen MR) is 61.7 cm³/mol. The maximum absolute atomic E-state index is 13.2. The lowest BCUT2D eigenvalue weighted by Gasteiger charge is -2.09. The molecule has 84 valence electrons. The summed E-state index contributed by atoms with van der Waals surface area (Å²) in [5.41, 5.74) is 7.49. The number of imidazole rings is 1. The number of nitrogens with two attached hydrogens (primary N) is 1. The average Bonchev–Trinajstić information content (AvgIpc) is 2.74. The number of aromatic amines is 1. The molecule has 0 aliphatic carbocycles. The molecule has 2 aromatic rings. The quantitative estimate of drug-likeness (QED) is 0.722. The van der Waals surface area contributed by atoms with Crippen LogP contribution < -0.4 is 11.1 Å². The van der Waals surface area contributed by atoms with E-state index in [4.69, 9.17) is 17.3 Å². The average molecular weight is 241 g/mol. The summed E-state index contributed by atoms with van der Waals surface area (Å²) in [6, 6.07) is 2.65. The van der Waals surface area contributed by atoms with Crippen LogP contribution in [-0.2, 0) is 6.54 Å². The number of rotatable bonds is 3. The molecule has 0 bridgehead atoms. The summed E-state index contributed by atoms with van der Waals surface area (Å²) in [4.78, 5) is 6.79. The Labute approximate surface area is 96.6 Å². The van der Waals surface area contributed by atoms with Crippen molar-refractivity contribution in [3.05, 3.63) is 41.2 Å². The zero-order chi connectivity index (χ0) is 11.5. The number of aromatic nitrogens is 2. The number of H-pyrrole nitrogens is 1. The van der Waals surface area contributed by atoms with Crippen molar-refractivity contribution in [1.29, 1.82) is 0 Å². The summed E-state index contributed by atoms with van der Waals surface area (Å²) in [5.74, 6) is -0.497. The molecule has 0 aliphatic rings. The lowest BCUT2D eigenvalue weighted by molar-refractivity contribution is 0.629. The number of hydrogen-bond donors (Lipinski definition) is 3. The maximum Gasteiger partial charge on any atom is 0.143 e. The lowest BCUT2D eigenvalue weighted by atomic mass is 10.2. The fourth-order valence-corrected chi connectivity index (χ4v) is 1.46. The highest BCUT2D eigenvalue weighted by atomic mass is 35.5. The molecule has 4 nitrogen and oxygen atoms in total. The number of nitrogen functional groups attached to an aromatic ring is 1. The molecule has 1 aromatic heterocycles. The summed E-state index contributed by atoms with van der Waals surface area (Å²) < 4.78 is 13.2. The van der Waals surface area contributed by atoms with Crippen LogP contribution in [0.1, 0.15) is 5.69 Å². The minimum Gasteiger partial charge on any atom is -0.397 e. The van der Waals surface area contributed by atoms with Crippen LogP contribution in [0.4, 0.5) is 15.8 Å².